The van der Waals surface area contributed by atoms with Crippen molar-refractivity contribution in [3.05, 3.63) is 70.4 Å². The summed E-state index contributed by atoms with van der Waals surface area (Å²) in [4.78, 5) is 0. The van der Waals surface area contributed by atoms with Crippen molar-refractivity contribution < 1.29 is 30.3 Å². The minimum absolute atomic E-state index is 0.495. The van der Waals surface area contributed by atoms with Crippen molar-refractivity contribution in [1.29, 1.82) is 0 Å². The van der Waals surface area contributed by atoms with Crippen LogP contribution in [-0.2, 0) is 17.6 Å². The van der Waals surface area contributed by atoms with Crippen molar-refractivity contribution in [2.75, 3.05) is 6.61 Å². The number of benzene rings is 2. The monoisotopic (exact) mass is 475 g/mol. The Labute approximate surface area is 197 Å². The largest absolute Gasteiger partial charge is 0.394 e. The molecule has 8 heteroatoms. The maximum atomic E-state index is 10.6. The van der Waals surface area contributed by atoms with E-state index in [1.54, 1.807) is 30.5 Å². The maximum Gasteiger partial charge on any atom is 0.163 e. The predicted octanol–water partition coefficient (Wildman–Crippen LogP) is 2.17. The first-order chi connectivity index (χ1) is 15.6. The molecule has 1 aromatic heterocycles. The van der Waals surface area contributed by atoms with Gasteiger partial charge in [-0.2, -0.15) is 0 Å². The van der Waals surface area contributed by atoms with E-state index < -0.39 is 42.9 Å². The average Bonchev–Trinajstić information content (AvgIpc) is 3.12. The summed E-state index contributed by atoms with van der Waals surface area (Å²) in [7, 11) is 0. The van der Waals surface area contributed by atoms with Crippen LogP contribution < -0.4 is 0 Å². The Bertz CT molecular complexity index is 1100. The highest BCUT2D eigenvalue weighted by atomic mass is 35.5. The molecule has 3 aromatic rings. The van der Waals surface area contributed by atoms with E-state index in [4.69, 9.17) is 16.3 Å². The van der Waals surface area contributed by atoms with Crippen LogP contribution in [-0.4, -0.2) is 66.7 Å². The molecule has 0 radical (unpaired) electrons. The van der Waals surface area contributed by atoms with Gasteiger partial charge in [-0.05, 0) is 49.1 Å². The van der Waals surface area contributed by atoms with Crippen molar-refractivity contribution in [3.63, 3.8) is 0 Å². The molecule has 178 valence electrons. The van der Waals surface area contributed by atoms with E-state index in [2.05, 4.69) is 0 Å². The molecule has 1 fully saturated rings. The lowest BCUT2D eigenvalue weighted by atomic mass is 9.96. The van der Waals surface area contributed by atoms with E-state index in [1.807, 2.05) is 36.5 Å². The number of hydrogen-bond donors (Lipinski definition) is 5. The average molecular weight is 476 g/mol. The number of ether oxygens (including phenoxy) is 1. The zero-order chi connectivity index (χ0) is 23.9. The molecule has 0 saturated carbocycles. The van der Waals surface area contributed by atoms with Gasteiger partial charge in [-0.15, -0.1) is 0 Å². The van der Waals surface area contributed by atoms with Crippen molar-refractivity contribution in [3.8, 4) is 0 Å². The van der Waals surface area contributed by atoms with Gasteiger partial charge < -0.3 is 34.8 Å². The predicted molar refractivity (Wildman–Crippen MR) is 125 cm³/mol. The third kappa shape index (κ3) is 4.95. The van der Waals surface area contributed by atoms with Crippen LogP contribution >= 0.6 is 11.6 Å². The van der Waals surface area contributed by atoms with Crippen molar-refractivity contribution >= 4 is 22.5 Å². The molecule has 1 aliphatic rings. The second-order valence-corrected chi connectivity index (χ2v) is 9.80. The number of aromatic nitrogens is 1. The third-order valence-electron chi connectivity index (χ3n) is 6.08. The van der Waals surface area contributed by atoms with E-state index in [0.717, 1.165) is 22.1 Å². The van der Waals surface area contributed by atoms with Crippen molar-refractivity contribution in [2.24, 2.45) is 0 Å². The smallest absolute Gasteiger partial charge is 0.163 e. The van der Waals surface area contributed by atoms with Crippen LogP contribution in [0.4, 0.5) is 0 Å². The fraction of sp³-hybridized carbons (Fsp3) is 0.440. The lowest BCUT2D eigenvalue weighted by Crippen LogP contribution is -2.56. The summed E-state index contributed by atoms with van der Waals surface area (Å²) in [6.45, 7) is 3.05. The number of aliphatic hydroxyl groups is 5. The lowest BCUT2D eigenvalue weighted by Gasteiger charge is -2.40. The molecule has 4 rings (SSSR count). The molecule has 0 amide bonds. The molecule has 7 nitrogen and oxygen atoms in total. The summed E-state index contributed by atoms with van der Waals surface area (Å²) < 4.78 is 7.47. The molecule has 0 spiro atoms. The van der Waals surface area contributed by atoms with Gasteiger partial charge in [0.25, 0.3) is 0 Å². The van der Waals surface area contributed by atoms with Crippen molar-refractivity contribution in [2.45, 2.75) is 62.9 Å². The van der Waals surface area contributed by atoms with Crippen LogP contribution in [0, 0.1) is 0 Å². The minimum Gasteiger partial charge on any atom is -0.394 e. The normalized spacial score (nSPS) is 26.1. The highest BCUT2D eigenvalue weighted by molar-refractivity contribution is 6.35. The van der Waals surface area contributed by atoms with Gasteiger partial charge in [0, 0.05) is 18.0 Å². The Morgan fingerprint density at radius 1 is 0.970 bits per heavy atom. The molecular formula is C25H30ClNO6. The van der Waals surface area contributed by atoms with E-state index >= 15 is 0 Å². The highest BCUT2D eigenvalue weighted by Gasteiger charge is 2.44. The van der Waals surface area contributed by atoms with Crippen LogP contribution in [0.3, 0.4) is 0 Å². The first-order valence-electron chi connectivity index (χ1n) is 11.0. The van der Waals surface area contributed by atoms with Gasteiger partial charge in [0.05, 0.1) is 22.7 Å². The standard InChI is InChI=1S/C25H30ClNO6/c1-25(2,32)11-15-8-6-14(7-9-15)10-16-12-27(18-5-3-4-17(26)20(16)18)24-23(31)22(30)21(29)19(13-28)33-24/h3-9,12,19,21-24,28-32H,10-11,13H2,1-2H3/t19-,21-,22+,23-,24-/m1/s1. The summed E-state index contributed by atoms with van der Waals surface area (Å²) in [6.07, 6.45) is -3.36. The summed E-state index contributed by atoms with van der Waals surface area (Å²) in [6, 6.07) is 13.4. The molecular weight excluding hydrogens is 446 g/mol. The summed E-state index contributed by atoms with van der Waals surface area (Å²) >= 11 is 6.55. The Morgan fingerprint density at radius 3 is 2.27 bits per heavy atom. The molecule has 5 atom stereocenters. The third-order valence-corrected chi connectivity index (χ3v) is 6.40. The van der Waals surface area contributed by atoms with Crippen molar-refractivity contribution in [1.82, 2.24) is 4.57 Å². The molecule has 0 aliphatic carbocycles. The molecule has 1 saturated heterocycles. The van der Waals surface area contributed by atoms with Gasteiger partial charge in [-0.25, -0.2) is 0 Å². The minimum atomic E-state index is -1.47. The first kappa shape index (κ1) is 24.2. The molecule has 33 heavy (non-hydrogen) atoms. The topological polar surface area (TPSA) is 115 Å². The zero-order valence-corrected chi connectivity index (χ0v) is 19.4. The van der Waals surface area contributed by atoms with E-state index in [0.29, 0.717) is 23.4 Å². The molecule has 2 aromatic carbocycles. The van der Waals surface area contributed by atoms with Gasteiger partial charge in [0.1, 0.15) is 24.4 Å². The number of halogens is 1. The Kier molecular flexibility index (Phi) is 6.85. The van der Waals surface area contributed by atoms with Crippen LogP contribution in [0.2, 0.25) is 5.02 Å². The van der Waals surface area contributed by atoms with E-state index in [1.165, 1.54) is 0 Å². The summed E-state index contributed by atoms with van der Waals surface area (Å²) in [5, 5.41) is 52.0. The second-order valence-electron chi connectivity index (χ2n) is 9.40. The van der Waals surface area contributed by atoms with Crippen LogP contribution in [0.15, 0.2) is 48.7 Å². The molecule has 0 unspecified atom stereocenters. The Morgan fingerprint density at radius 2 is 1.64 bits per heavy atom. The van der Waals surface area contributed by atoms with Crippen LogP contribution in [0.1, 0.15) is 36.8 Å². The Balaban J connectivity index is 1.69. The summed E-state index contributed by atoms with van der Waals surface area (Å²) in [5.74, 6) is 0. The number of aliphatic hydroxyl groups excluding tert-OH is 4. The van der Waals surface area contributed by atoms with Gasteiger partial charge in [-0.3, -0.25) is 0 Å². The molecule has 2 heterocycles. The number of rotatable bonds is 6. The Hall–Kier alpha value is -1.97. The van der Waals surface area contributed by atoms with Crippen LogP contribution in [0.25, 0.3) is 10.9 Å². The highest BCUT2D eigenvalue weighted by Crippen LogP contribution is 2.36. The zero-order valence-electron chi connectivity index (χ0n) is 18.6. The molecule has 0 bridgehead atoms. The number of hydrogen-bond acceptors (Lipinski definition) is 6. The fourth-order valence-electron chi connectivity index (χ4n) is 4.50. The van der Waals surface area contributed by atoms with Gasteiger partial charge >= 0.3 is 0 Å². The first-order valence-corrected chi connectivity index (χ1v) is 11.4. The van der Waals surface area contributed by atoms with E-state index in [-0.39, 0.29) is 0 Å². The van der Waals surface area contributed by atoms with Gasteiger partial charge in [0.15, 0.2) is 6.23 Å². The van der Waals surface area contributed by atoms with E-state index in [9.17, 15) is 25.5 Å². The fourth-order valence-corrected chi connectivity index (χ4v) is 4.79. The van der Waals surface area contributed by atoms with Crippen LogP contribution in [0.5, 0.6) is 0 Å². The number of nitrogens with zero attached hydrogens (tertiary/aromatic N) is 1. The maximum absolute atomic E-state index is 10.6. The molecule has 1 aliphatic heterocycles. The number of fused-ring (bicyclic) bond motifs is 1. The van der Waals surface area contributed by atoms with Gasteiger partial charge in [-0.1, -0.05) is 41.9 Å². The lowest BCUT2D eigenvalue weighted by molar-refractivity contribution is -0.250. The molecule has 5 N–H and O–H groups in total. The SMILES string of the molecule is CC(C)(O)Cc1ccc(Cc2cn([C@@H]3O[C@H](CO)[C@@H](O)[C@H](O)[C@H]3O)c3cccc(Cl)c23)cc1. The second kappa shape index (κ2) is 9.35. The summed E-state index contributed by atoms with van der Waals surface area (Å²) in [5.41, 5.74) is 2.91. The van der Waals surface area contributed by atoms with Gasteiger partial charge in [0.2, 0.25) is 0 Å². The quantitative estimate of drug-likeness (QED) is 0.373.